The van der Waals surface area contributed by atoms with Crippen LogP contribution in [0.25, 0.3) is 0 Å². The average molecular weight is 276 g/mol. The quantitative estimate of drug-likeness (QED) is 0.775. The van der Waals surface area contributed by atoms with E-state index in [0.29, 0.717) is 6.04 Å². The van der Waals surface area contributed by atoms with Gasteiger partial charge in [0.1, 0.15) is 5.75 Å². The zero-order valence-electron chi connectivity index (χ0n) is 12.9. The first-order chi connectivity index (χ1) is 9.83. The number of methoxy groups -OCH3 is 1. The first kappa shape index (κ1) is 15.3. The molecule has 0 amide bonds. The van der Waals surface area contributed by atoms with Gasteiger partial charge in [0.25, 0.3) is 0 Å². The highest BCUT2D eigenvalue weighted by Gasteiger charge is 2.21. The first-order valence-corrected chi connectivity index (χ1v) is 7.91. The molecule has 0 saturated carbocycles. The number of ether oxygens (including phenoxy) is 1. The van der Waals surface area contributed by atoms with E-state index in [-0.39, 0.29) is 0 Å². The van der Waals surface area contributed by atoms with Gasteiger partial charge in [-0.05, 0) is 50.0 Å². The number of nitrogens with one attached hydrogen (secondary N) is 1. The normalized spacial score (nSPS) is 20.0. The van der Waals surface area contributed by atoms with E-state index >= 15 is 0 Å². The van der Waals surface area contributed by atoms with Crippen LogP contribution in [-0.4, -0.2) is 37.7 Å². The van der Waals surface area contributed by atoms with Crippen molar-refractivity contribution in [1.82, 2.24) is 10.2 Å². The molecule has 3 heteroatoms. The highest BCUT2D eigenvalue weighted by molar-refractivity contribution is 5.27. The summed E-state index contributed by atoms with van der Waals surface area (Å²) >= 11 is 0. The summed E-state index contributed by atoms with van der Waals surface area (Å²) in [6.45, 7) is 6.77. The van der Waals surface area contributed by atoms with E-state index in [1.165, 1.54) is 37.8 Å². The lowest BCUT2D eigenvalue weighted by Gasteiger charge is -2.36. The fourth-order valence-electron chi connectivity index (χ4n) is 2.91. The molecule has 1 unspecified atom stereocenters. The zero-order chi connectivity index (χ0) is 14.2. The van der Waals surface area contributed by atoms with E-state index in [0.717, 1.165) is 25.4 Å². The molecule has 1 aliphatic heterocycles. The Balaban J connectivity index is 1.89. The van der Waals surface area contributed by atoms with Gasteiger partial charge in [0, 0.05) is 19.1 Å². The third kappa shape index (κ3) is 4.50. The van der Waals surface area contributed by atoms with Gasteiger partial charge in [-0.3, -0.25) is 4.90 Å². The molecule has 0 bridgehead atoms. The molecule has 1 saturated heterocycles. The number of rotatable bonds is 7. The molecule has 3 nitrogen and oxygen atoms in total. The van der Waals surface area contributed by atoms with Crippen molar-refractivity contribution >= 4 is 0 Å². The van der Waals surface area contributed by atoms with Crippen LogP contribution in [-0.2, 0) is 6.54 Å². The van der Waals surface area contributed by atoms with Gasteiger partial charge in [0.2, 0.25) is 0 Å². The fraction of sp³-hybridized carbons (Fsp3) is 0.647. The number of hydrogen-bond donors (Lipinski definition) is 1. The second-order valence-electron chi connectivity index (χ2n) is 5.67. The van der Waals surface area contributed by atoms with Crippen molar-refractivity contribution in [2.45, 2.75) is 45.2 Å². The van der Waals surface area contributed by atoms with Crippen molar-refractivity contribution < 1.29 is 4.74 Å². The van der Waals surface area contributed by atoms with Gasteiger partial charge in [0.05, 0.1) is 7.11 Å². The molecule has 1 aliphatic rings. The minimum atomic E-state index is 0.692. The van der Waals surface area contributed by atoms with Crippen molar-refractivity contribution in [3.05, 3.63) is 29.8 Å². The van der Waals surface area contributed by atoms with Crippen LogP contribution in [0, 0.1) is 0 Å². The van der Waals surface area contributed by atoms with E-state index in [4.69, 9.17) is 4.74 Å². The number of benzene rings is 1. The van der Waals surface area contributed by atoms with Crippen molar-refractivity contribution in [1.29, 1.82) is 0 Å². The highest BCUT2D eigenvalue weighted by atomic mass is 16.5. The second kappa shape index (κ2) is 8.28. The topological polar surface area (TPSA) is 24.5 Å². The lowest BCUT2D eigenvalue weighted by atomic mass is 10.0. The van der Waals surface area contributed by atoms with E-state index in [1.54, 1.807) is 7.11 Å². The molecule has 0 radical (unpaired) electrons. The van der Waals surface area contributed by atoms with Gasteiger partial charge in [-0.2, -0.15) is 0 Å². The third-order valence-corrected chi connectivity index (χ3v) is 4.10. The van der Waals surface area contributed by atoms with Gasteiger partial charge in [-0.25, -0.2) is 0 Å². The van der Waals surface area contributed by atoms with Crippen LogP contribution >= 0.6 is 0 Å². The van der Waals surface area contributed by atoms with Gasteiger partial charge in [-0.1, -0.05) is 25.5 Å². The van der Waals surface area contributed by atoms with Crippen molar-refractivity contribution in [2.75, 3.05) is 26.7 Å². The van der Waals surface area contributed by atoms with Crippen LogP contribution in [0.4, 0.5) is 0 Å². The van der Waals surface area contributed by atoms with Crippen molar-refractivity contribution in [2.24, 2.45) is 0 Å². The summed E-state index contributed by atoms with van der Waals surface area (Å²) in [5.41, 5.74) is 1.38. The molecule has 1 aromatic carbocycles. The largest absolute Gasteiger partial charge is 0.497 e. The first-order valence-electron chi connectivity index (χ1n) is 7.91. The summed E-state index contributed by atoms with van der Waals surface area (Å²) in [7, 11) is 1.72. The molecule has 1 N–H and O–H groups in total. The summed E-state index contributed by atoms with van der Waals surface area (Å²) in [5, 5.41) is 3.58. The second-order valence-corrected chi connectivity index (χ2v) is 5.67. The maximum Gasteiger partial charge on any atom is 0.118 e. The van der Waals surface area contributed by atoms with Crippen molar-refractivity contribution in [3.8, 4) is 5.75 Å². The summed E-state index contributed by atoms with van der Waals surface area (Å²) in [4.78, 5) is 2.63. The Morgan fingerprint density at radius 1 is 1.25 bits per heavy atom. The number of piperidine rings is 1. The van der Waals surface area contributed by atoms with Crippen molar-refractivity contribution in [3.63, 3.8) is 0 Å². The lowest BCUT2D eigenvalue weighted by Crippen LogP contribution is -2.45. The Morgan fingerprint density at radius 3 is 2.75 bits per heavy atom. The third-order valence-electron chi connectivity index (χ3n) is 4.10. The SMILES string of the molecule is CCCNCC1CCCCN1Cc1ccc(OC)cc1. The van der Waals surface area contributed by atoms with E-state index < -0.39 is 0 Å². The number of hydrogen-bond acceptors (Lipinski definition) is 3. The predicted octanol–water partition coefficient (Wildman–Crippen LogP) is 3.05. The molecule has 1 aromatic rings. The fourth-order valence-corrected chi connectivity index (χ4v) is 2.91. The van der Waals surface area contributed by atoms with E-state index in [9.17, 15) is 0 Å². The molecular formula is C17H28N2O. The number of likely N-dealkylation sites (tertiary alicyclic amines) is 1. The Morgan fingerprint density at radius 2 is 2.05 bits per heavy atom. The molecule has 0 spiro atoms. The Hall–Kier alpha value is -1.06. The standard InChI is InChI=1S/C17H28N2O/c1-3-11-18-13-16-6-4-5-12-19(16)14-15-7-9-17(20-2)10-8-15/h7-10,16,18H,3-6,11-14H2,1-2H3. The maximum atomic E-state index is 5.22. The maximum absolute atomic E-state index is 5.22. The molecule has 20 heavy (non-hydrogen) atoms. The summed E-state index contributed by atoms with van der Waals surface area (Å²) in [6.07, 6.45) is 5.25. The Bertz CT molecular complexity index is 377. The molecule has 0 aliphatic carbocycles. The van der Waals surface area contributed by atoms with Gasteiger partial charge < -0.3 is 10.1 Å². The smallest absolute Gasteiger partial charge is 0.118 e. The van der Waals surface area contributed by atoms with E-state index in [1.807, 2.05) is 0 Å². The minimum Gasteiger partial charge on any atom is -0.497 e. The van der Waals surface area contributed by atoms with Gasteiger partial charge >= 0.3 is 0 Å². The molecular weight excluding hydrogens is 248 g/mol. The highest BCUT2D eigenvalue weighted by Crippen LogP contribution is 2.20. The molecule has 1 fully saturated rings. The predicted molar refractivity (Wildman–Crippen MR) is 84.2 cm³/mol. The lowest BCUT2D eigenvalue weighted by molar-refractivity contribution is 0.137. The van der Waals surface area contributed by atoms with Crippen LogP contribution in [0.1, 0.15) is 38.2 Å². The van der Waals surface area contributed by atoms with Gasteiger partial charge in [-0.15, -0.1) is 0 Å². The van der Waals surface area contributed by atoms with Crippen LogP contribution in [0.3, 0.4) is 0 Å². The molecule has 0 aromatic heterocycles. The summed E-state index contributed by atoms with van der Waals surface area (Å²) in [6, 6.07) is 9.18. The number of nitrogens with zero attached hydrogens (tertiary/aromatic N) is 1. The molecule has 2 rings (SSSR count). The molecule has 112 valence electrons. The monoisotopic (exact) mass is 276 g/mol. The van der Waals surface area contributed by atoms with Crippen LogP contribution in [0.5, 0.6) is 5.75 Å². The average Bonchev–Trinajstić information content (AvgIpc) is 2.50. The Kier molecular flexibility index (Phi) is 6.34. The summed E-state index contributed by atoms with van der Waals surface area (Å²) < 4.78 is 5.22. The van der Waals surface area contributed by atoms with Crippen LogP contribution < -0.4 is 10.1 Å². The van der Waals surface area contributed by atoms with E-state index in [2.05, 4.69) is 41.4 Å². The summed E-state index contributed by atoms with van der Waals surface area (Å²) in [5.74, 6) is 0.938. The van der Waals surface area contributed by atoms with Gasteiger partial charge in [0.15, 0.2) is 0 Å². The Labute approximate surface area is 123 Å². The minimum absolute atomic E-state index is 0.692. The van der Waals surface area contributed by atoms with Crippen LogP contribution in [0.15, 0.2) is 24.3 Å². The van der Waals surface area contributed by atoms with Crippen LogP contribution in [0.2, 0.25) is 0 Å². The zero-order valence-corrected chi connectivity index (χ0v) is 12.9. The molecule has 1 heterocycles. The molecule has 1 atom stereocenters.